The van der Waals surface area contributed by atoms with Gasteiger partial charge in [-0.25, -0.2) is 13.4 Å². The van der Waals surface area contributed by atoms with Gasteiger partial charge in [-0.15, -0.1) is 0 Å². The maximum atomic E-state index is 13.1. The molecule has 2 aromatic heterocycles. The highest BCUT2D eigenvalue weighted by molar-refractivity contribution is 7.90. The van der Waals surface area contributed by atoms with Crippen LogP contribution in [0.4, 0.5) is 18.9 Å². The third-order valence-electron chi connectivity index (χ3n) is 3.84. The molecule has 0 unspecified atom stereocenters. The number of anilines is 1. The molecule has 0 radical (unpaired) electrons. The van der Waals surface area contributed by atoms with Gasteiger partial charge in [-0.3, -0.25) is 9.48 Å². The van der Waals surface area contributed by atoms with Crippen molar-refractivity contribution in [2.24, 2.45) is 7.05 Å². The molecular formula is C18H15F3N4O4S. The smallest absolute Gasteiger partial charge is 0.417 e. The molecule has 2 heterocycles. The number of carbonyl (C=O) groups excluding carboxylic acids is 1. The Morgan fingerprint density at radius 3 is 2.53 bits per heavy atom. The number of nitrogens with one attached hydrogen (secondary N) is 1. The van der Waals surface area contributed by atoms with Crippen LogP contribution in [0.25, 0.3) is 0 Å². The van der Waals surface area contributed by atoms with Crippen LogP contribution >= 0.6 is 0 Å². The van der Waals surface area contributed by atoms with Gasteiger partial charge in [0.05, 0.1) is 22.9 Å². The number of ether oxygens (including phenoxy) is 1. The fourth-order valence-electron chi connectivity index (χ4n) is 2.42. The number of sulfone groups is 1. The molecule has 0 bridgehead atoms. The van der Waals surface area contributed by atoms with Gasteiger partial charge in [0.25, 0.3) is 5.91 Å². The topological polar surface area (TPSA) is 103 Å². The Morgan fingerprint density at radius 2 is 1.93 bits per heavy atom. The van der Waals surface area contributed by atoms with Gasteiger partial charge in [0.2, 0.25) is 5.88 Å². The molecule has 3 aromatic rings. The highest BCUT2D eigenvalue weighted by atomic mass is 32.2. The average molecular weight is 440 g/mol. The first-order valence-corrected chi connectivity index (χ1v) is 10.2. The normalized spacial score (nSPS) is 11.9. The Balaban J connectivity index is 1.98. The van der Waals surface area contributed by atoms with Gasteiger partial charge in [0, 0.05) is 25.2 Å². The minimum absolute atomic E-state index is 0.0608. The average Bonchev–Trinajstić information content (AvgIpc) is 3.05. The van der Waals surface area contributed by atoms with Crippen molar-refractivity contribution in [3.05, 3.63) is 60.0 Å². The zero-order chi connectivity index (χ0) is 22.1. The standard InChI is InChI=1S/C18H15F3N4O4S/c1-25-10-13(9-23-25)29-17-15(6-11(8-22-17)18(19,20)21)16(26)24-12-4-3-5-14(7-12)30(2,27)28/h3-10H,1-2H3,(H,24,26). The van der Waals surface area contributed by atoms with Crippen molar-refractivity contribution < 1.29 is 31.1 Å². The van der Waals surface area contributed by atoms with E-state index in [-0.39, 0.29) is 22.2 Å². The lowest BCUT2D eigenvalue weighted by Crippen LogP contribution is -2.16. The van der Waals surface area contributed by atoms with Gasteiger partial charge in [-0.2, -0.15) is 18.3 Å². The fourth-order valence-corrected chi connectivity index (χ4v) is 3.08. The summed E-state index contributed by atoms with van der Waals surface area (Å²) in [5, 5.41) is 6.24. The molecule has 30 heavy (non-hydrogen) atoms. The molecule has 8 nitrogen and oxygen atoms in total. The third-order valence-corrected chi connectivity index (χ3v) is 4.95. The van der Waals surface area contributed by atoms with Gasteiger partial charge in [-0.05, 0) is 24.3 Å². The predicted octanol–water partition coefficient (Wildman–Crippen LogP) is 3.28. The molecule has 0 atom stereocenters. The zero-order valence-electron chi connectivity index (χ0n) is 15.6. The Morgan fingerprint density at radius 1 is 1.20 bits per heavy atom. The molecule has 158 valence electrons. The van der Waals surface area contributed by atoms with Gasteiger partial charge in [0.1, 0.15) is 5.56 Å². The number of aromatic nitrogens is 3. The summed E-state index contributed by atoms with van der Waals surface area (Å²) in [6.45, 7) is 0. The zero-order valence-corrected chi connectivity index (χ0v) is 16.5. The third kappa shape index (κ3) is 4.95. The lowest BCUT2D eigenvalue weighted by molar-refractivity contribution is -0.137. The lowest BCUT2D eigenvalue weighted by atomic mass is 10.1. The van der Waals surface area contributed by atoms with Crippen LogP contribution in [0.5, 0.6) is 11.6 Å². The highest BCUT2D eigenvalue weighted by Crippen LogP contribution is 2.33. The molecule has 1 N–H and O–H groups in total. The van der Waals surface area contributed by atoms with E-state index in [1.807, 2.05) is 0 Å². The number of aryl methyl sites for hydroxylation is 1. The molecule has 12 heteroatoms. The predicted molar refractivity (Wildman–Crippen MR) is 100 cm³/mol. The van der Waals surface area contributed by atoms with Crippen molar-refractivity contribution in [1.29, 1.82) is 0 Å². The van der Waals surface area contributed by atoms with Crippen molar-refractivity contribution >= 4 is 21.4 Å². The molecule has 0 spiro atoms. The van der Waals surface area contributed by atoms with Gasteiger partial charge < -0.3 is 10.1 Å². The Hall–Kier alpha value is -3.41. The van der Waals surface area contributed by atoms with E-state index in [1.54, 1.807) is 7.05 Å². The maximum absolute atomic E-state index is 13.1. The number of rotatable bonds is 5. The van der Waals surface area contributed by atoms with E-state index in [9.17, 15) is 26.4 Å². The summed E-state index contributed by atoms with van der Waals surface area (Å²) in [4.78, 5) is 16.3. The summed E-state index contributed by atoms with van der Waals surface area (Å²) in [5.74, 6) is -1.16. The molecule has 0 aliphatic heterocycles. The second kappa shape index (κ2) is 7.78. The molecule has 0 saturated carbocycles. The van der Waals surface area contributed by atoms with E-state index in [4.69, 9.17) is 4.74 Å². The van der Waals surface area contributed by atoms with Crippen LogP contribution in [0.2, 0.25) is 0 Å². The molecule has 0 saturated heterocycles. The molecule has 1 aromatic carbocycles. The van der Waals surface area contributed by atoms with Crippen molar-refractivity contribution in [3.8, 4) is 11.6 Å². The van der Waals surface area contributed by atoms with E-state index in [0.29, 0.717) is 12.3 Å². The van der Waals surface area contributed by atoms with Crippen LogP contribution in [-0.2, 0) is 23.1 Å². The van der Waals surface area contributed by atoms with Crippen molar-refractivity contribution in [2.75, 3.05) is 11.6 Å². The van der Waals surface area contributed by atoms with Gasteiger partial charge in [0.15, 0.2) is 15.6 Å². The Bertz CT molecular complexity index is 1210. The molecular weight excluding hydrogens is 425 g/mol. The summed E-state index contributed by atoms with van der Waals surface area (Å²) in [6.07, 6.45) is -0.449. The quantitative estimate of drug-likeness (QED) is 0.653. The van der Waals surface area contributed by atoms with Gasteiger partial charge >= 0.3 is 6.18 Å². The van der Waals surface area contributed by atoms with Crippen molar-refractivity contribution in [2.45, 2.75) is 11.1 Å². The monoisotopic (exact) mass is 440 g/mol. The number of nitrogens with zero attached hydrogens (tertiary/aromatic N) is 3. The molecule has 3 rings (SSSR count). The van der Waals surface area contributed by atoms with E-state index >= 15 is 0 Å². The van der Waals surface area contributed by atoms with Crippen LogP contribution in [0.3, 0.4) is 0 Å². The first kappa shape index (κ1) is 21.3. The number of halogens is 3. The van der Waals surface area contributed by atoms with Crippen LogP contribution in [-0.4, -0.2) is 35.3 Å². The van der Waals surface area contributed by atoms with E-state index in [0.717, 1.165) is 6.26 Å². The fraction of sp³-hybridized carbons (Fsp3) is 0.167. The second-order valence-corrected chi connectivity index (χ2v) is 8.30. The Labute approximate surface area is 169 Å². The molecule has 0 aliphatic rings. The number of benzene rings is 1. The summed E-state index contributed by atoms with van der Waals surface area (Å²) in [5.41, 5.74) is -1.55. The van der Waals surface area contributed by atoms with Crippen LogP contribution in [0, 0.1) is 0 Å². The second-order valence-electron chi connectivity index (χ2n) is 6.28. The first-order chi connectivity index (χ1) is 13.9. The van der Waals surface area contributed by atoms with E-state index in [2.05, 4.69) is 15.4 Å². The first-order valence-electron chi connectivity index (χ1n) is 8.29. The largest absolute Gasteiger partial charge is 0.435 e. The summed E-state index contributed by atoms with van der Waals surface area (Å²) < 4.78 is 69.5. The van der Waals surface area contributed by atoms with Crippen LogP contribution in [0.1, 0.15) is 15.9 Å². The Kier molecular flexibility index (Phi) is 5.53. The SMILES string of the molecule is Cn1cc(Oc2ncc(C(F)(F)F)cc2C(=O)Nc2cccc(S(C)(=O)=O)c2)cn1. The lowest BCUT2D eigenvalue weighted by Gasteiger charge is -2.13. The summed E-state index contributed by atoms with van der Waals surface area (Å²) in [6, 6.07) is 5.91. The summed E-state index contributed by atoms with van der Waals surface area (Å²) >= 11 is 0. The van der Waals surface area contributed by atoms with E-state index in [1.165, 1.54) is 41.3 Å². The molecule has 0 aliphatic carbocycles. The number of hydrogen-bond acceptors (Lipinski definition) is 6. The van der Waals surface area contributed by atoms with Crippen molar-refractivity contribution in [1.82, 2.24) is 14.8 Å². The molecule has 0 fully saturated rings. The highest BCUT2D eigenvalue weighted by Gasteiger charge is 2.33. The number of carbonyl (C=O) groups is 1. The minimum atomic E-state index is -4.73. The number of alkyl halides is 3. The van der Waals surface area contributed by atoms with Crippen LogP contribution in [0.15, 0.2) is 53.8 Å². The van der Waals surface area contributed by atoms with Gasteiger partial charge in [-0.1, -0.05) is 6.07 Å². The molecule has 1 amide bonds. The maximum Gasteiger partial charge on any atom is 0.417 e. The summed E-state index contributed by atoms with van der Waals surface area (Å²) in [7, 11) is -1.94. The number of pyridine rings is 1. The number of hydrogen-bond donors (Lipinski definition) is 1. The minimum Gasteiger partial charge on any atom is -0.435 e. The number of amides is 1. The van der Waals surface area contributed by atoms with Crippen molar-refractivity contribution in [3.63, 3.8) is 0 Å². The van der Waals surface area contributed by atoms with E-state index < -0.39 is 33.0 Å². The van der Waals surface area contributed by atoms with Crippen LogP contribution < -0.4 is 10.1 Å².